The van der Waals surface area contributed by atoms with E-state index in [4.69, 9.17) is 28.3 Å². The first kappa shape index (κ1) is 19.6. The minimum atomic E-state index is -0.653. The normalized spacial score (nSPS) is 22.5. The van der Waals surface area contributed by atoms with Gasteiger partial charge in [-0.3, -0.25) is 4.79 Å². The van der Waals surface area contributed by atoms with Crippen LogP contribution in [-0.2, 0) is 11.2 Å². The summed E-state index contributed by atoms with van der Waals surface area (Å²) in [6, 6.07) is 6.42. The first-order valence-electron chi connectivity index (χ1n) is 8.78. The van der Waals surface area contributed by atoms with Gasteiger partial charge in [0.25, 0.3) is 0 Å². The number of hydrogen-bond acceptors (Lipinski definition) is 2. The zero-order chi connectivity index (χ0) is 17.7. The quantitative estimate of drug-likeness (QED) is 0.693. The second-order valence-electron chi connectivity index (χ2n) is 7.32. The summed E-state index contributed by atoms with van der Waals surface area (Å²) in [6.07, 6.45) is 5.33. The van der Waals surface area contributed by atoms with Crippen LogP contribution in [0.1, 0.15) is 51.5 Å². The Labute approximate surface area is 154 Å². The second-order valence-corrected chi connectivity index (χ2v) is 8.16. The van der Waals surface area contributed by atoms with E-state index in [0.717, 1.165) is 44.1 Å². The highest BCUT2D eigenvalue weighted by atomic mass is 35.5. The Bertz CT molecular complexity index is 554. The van der Waals surface area contributed by atoms with Crippen LogP contribution in [0, 0.1) is 11.8 Å². The van der Waals surface area contributed by atoms with Crippen molar-refractivity contribution in [3.05, 3.63) is 33.8 Å². The second kappa shape index (κ2) is 9.07. The molecule has 2 N–H and O–H groups in total. The molecule has 0 heterocycles. The molecule has 0 aliphatic heterocycles. The van der Waals surface area contributed by atoms with E-state index in [-0.39, 0.29) is 5.92 Å². The van der Waals surface area contributed by atoms with Gasteiger partial charge < -0.3 is 10.4 Å². The number of benzene rings is 1. The number of carboxylic acids is 1. The van der Waals surface area contributed by atoms with Crippen LogP contribution < -0.4 is 5.32 Å². The highest BCUT2D eigenvalue weighted by Crippen LogP contribution is 2.27. The van der Waals surface area contributed by atoms with Crippen molar-refractivity contribution in [1.29, 1.82) is 0 Å². The summed E-state index contributed by atoms with van der Waals surface area (Å²) in [4.78, 5) is 11.1. The summed E-state index contributed by atoms with van der Waals surface area (Å²) in [5.74, 6) is -0.235. The average molecular weight is 372 g/mol. The maximum atomic E-state index is 11.1. The molecule has 1 aliphatic carbocycles. The van der Waals surface area contributed by atoms with Crippen LogP contribution in [0.15, 0.2) is 18.2 Å². The van der Waals surface area contributed by atoms with Gasteiger partial charge in [-0.15, -0.1) is 0 Å². The molecule has 1 unspecified atom stereocenters. The molecule has 134 valence electrons. The lowest BCUT2D eigenvalue weighted by Gasteiger charge is -2.32. The van der Waals surface area contributed by atoms with Crippen LogP contribution in [0.5, 0.6) is 0 Å². The maximum Gasteiger partial charge on any atom is 0.306 e. The number of rotatable bonds is 7. The van der Waals surface area contributed by atoms with Crippen LogP contribution >= 0.6 is 23.2 Å². The van der Waals surface area contributed by atoms with E-state index in [1.807, 2.05) is 12.1 Å². The molecule has 0 aromatic heterocycles. The van der Waals surface area contributed by atoms with E-state index in [0.29, 0.717) is 28.0 Å². The fourth-order valence-corrected chi connectivity index (χ4v) is 4.06. The molecule has 5 heteroatoms. The number of carboxylic acid groups (broad SMARTS) is 1. The lowest BCUT2D eigenvalue weighted by molar-refractivity contribution is -0.142. The largest absolute Gasteiger partial charge is 0.481 e. The van der Waals surface area contributed by atoms with Gasteiger partial charge in [0, 0.05) is 22.1 Å². The molecule has 0 saturated heterocycles. The predicted octanol–water partition coefficient (Wildman–Crippen LogP) is 5.18. The van der Waals surface area contributed by atoms with Crippen molar-refractivity contribution in [1.82, 2.24) is 5.32 Å². The van der Waals surface area contributed by atoms with Crippen molar-refractivity contribution in [3.8, 4) is 0 Å². The molecule has 3 nitrogen and oxygen atoms in total. The third-order valence-corrected chi connectivity index (χ3v) is 5.37. The number of nitrogens with one attached hydrogen (secondary N) is 1. The van der Waals surface area contributed by atoms with Crippen molar-refractivity contribution in [3.63, 3.8) is 0 Å². The third kappa shape index (κ3) is 5.94. The molecule has 24 heavy (non-hydrogen) atoms. The van der Waals surface area contributed by atoms with Gasteiger partial charge in [-0.05, 0) is 62.1 Å². The maximum absolute atomic E-state index is 11.1. The minimum absolute atomic E-state index is 0.169. The Balaban J connectivity index is 1.97. The van der Waals surface area contributed by atoms with Crippen LogP contribution in [-0.4, -0.2) is 23.2 Å². The van der Waals surface area contributed by atoms with Gasteiger partial charge in [0.05, 0.1) is 5.92 Å². The number of carbonyl (C=O) groups is 1. The zero-order valence-electron chi connectivity index (χ0n) is 14.4. The molecular weight excluding hydrogens is 345 g/mol. The number of halogens is 2. The zero-order valence-corrected chi connectivity index (χ0v) is 15.9. The summed E-state index contributed by atoms with van der Waals surface area (Å²) in [5, 5.41) is 14.3. The summed E-state index contributed by atoms with van der Waals surface area (Å²) in [7, 11) is 0. The molecule has 1 aliphatic rings. The predicted molar refractivity (Wildman–Crippen MR) is 99.9 cm³/mol. The van der Waals surface area contributed by atoms with E-state index in [9.17, 15) is 4.79 Å². The Morgan fingerprint density at radius 1 is 1.25 bits per heavy atom. The van der Waals surface area contributed by atoms with E-state index in [1.54, 1.807) is 6.07 Å². The fourth-order valence-electron chi connectivity index (χ4n) is 3.57. The van der Waals surface area contributed by atoms with Crippen molar-refractivity contribution >= 4 is 29.2 Å². The van der Waals surface area contributed by atoms with E-state index in [2.05, 4.69) is 19.2 Å². The van der Waals surface area contributed by atoms with Crippen molar-refractivity contribution in [2.75, 3.05) is 0 Å². The van der Waals surface area contributed by atoms with Crippen LogP contribution in [0.2, 0.25) is 10.0 Å². The lowest BCUT2D eigenvalue weighted by Crippen LogP contribution is -2.43. The molecule has 0 radical (unpaired) electrons. The van der Waals surface area contributed by atoms with E-state index >= 15 is 0 Å². The summed E-state index contributed by atoms with van der Waals surface area (Å²) < 4.78 is 0. The summed E-state index contributed by atoms with van der Waals surface area (Å²) in [5.41, 5.74) is 1.11. The molecule has 2 rings (SSSR count). The number of hydrogen-bond donors (Lipinski definition) is 2. The molecule has 1 atom stereocenters. The highest BCUT2D eigenvalue weighted by molar-refractivity contribution is 6.35. The van der Waals surface area contributed by atoms with Crippen LogP contribution in [0.4, 0.5) is 0 Å². The minimum Gasteiger partial charge on any atom is -0.481 e. The Morgan fingerprint density at radius 2 is 1.92 bits per heavy atom. The topological polar surface area (TPSA) is 49.3 Å². The Morgan fingerprint density at radius 3 is 2.46 bits per heavy atom. The average Bonchev–Trinajstić information content (AvgIpc) is 2.50. The first-order valence-corrected chi connectivity index (χ1v) is 9.53. The molecule has 1 aromatic rings. The molecule has 1 fully saturated rings. The van der Waals surface area contributed by atoms with E-state index < -0.39 is 5.97 Å². The Kier molecular flexibility index (Phi) is 7.39. The van der Waals surface area contributed by atoms with Gasteiger partial charge in [-0.1, -0.05) is 43.1 Å². The molecule has 0 bridgehead atoms. The molecule has 1 saturated carbocycles. The number of aliphatic carboxylic acids is 1. The van der Waals surface area contributed by atoms with Crippen molar-refractivity contribution < 1.29 is 9.90 Å². The van der Waals surface area contributed by atoms with Crippen LogP contribution in [0.3, 0.4) is 0 Å². The Hall–Kier alpha value is -0.770. The lowest BCUT2D eigenvalue weighted by atomic mass is 9.85. The third-order valence-electron chi connectivity index (χ3n) is 4.79. The van der Waals surface area contributed by atoms with Gasteiger partial charge in [0.15, 0.2) is 0 Å². The summed E-state index contributed by atoms with van der Waals surface area (Å²) >= 11 is 12.3. The van der Waals surface area contributed by atoms with Gasteiger partial charge >= 0.3 is 5.97 Å². The van der Waals surface area contributed by atoms with Gasteiger partial charge in [0.1, 0.15) is 0 Å². The standard InChI is InChI=1S/C19H27Cl2NO2/c1-12(2)9-17(10-14-3-6-15(20)11-18(14)21)22-16-7-4-13(5-8-16)19(23)24/h3,6,11-13,16-17,22H,4-5,7-10H2,1-2H3,(H,23,24). The molecule has 0 amide bonds. The van der Waals surface area contributed by atoms with Gasteiger partial charge in [0.2, 0.25) is 0 Å². The van der Waals surface area contributed by atoms with Crippen molar-refractivity contribution in [2.45, 2.75) is 64.5 Å². The van der Waals surface area contributed by atoms with Crippen LogP contribution in [0.25, 0.3) is 0 Å². The van der Waals surface area contributed by atoms with E-state index in [1.165, 1.54) is 0 Å². The molecule has 0 spiro atoms. The summed E-state index contributed by atoms with van der Waals surface area (Å²) in [6.45, 7) is 4.44. The monoisotopic (exact) mass is 371 g/mol. The first-order chi connectivity index (χ1) is 11.3. The fraction of sp³-hybridized carbons (Fsp3) is 0.632. The smallest absolute Gasteiger partial charge is 0.306 e. The highest BCUT2D eigenvalue weighted by Gasteiger charge is 2.27. The SMILES string of the molecule is CC(C)CC(Cc1ccc(Cl)cc1Cl)NC1CCC(C(=O)O)CC1. The molecule has 1 aromatic carbocycles. The van der Waals surface area contributed by atoms with Gasteiger partial charge in [-0.25, -0.2) is 0 Å². The molecular formula is C19H27Cl2NO2. The van der Waals surface area contributed by atoms with Crippen molar-refractivity contribution in [2.24, 2.45) is 11.8 Å². The van der Waals surface area contributed by atoms with Gasteiger partial charge in [-0.2, -0.15) is 0 Å².